The first-order valence-electron chi connectivity index (χ1n) is 10.2. The Labute approximate surface area is 186 Å². The third kappa shape index (κ3) is 4.78. The van der Waals surface area contributed by atoms with Crippen LogP contribution in [0.5, 0.6) is 11.5 Å². The molecule has 0 saturated carbocycles. The van der Waals surface area contributed by atoms with Gasteiger partial charge in [0.25, 0.3) is 5.91 Å². The van der Waals surface area contributed by atoms with Gasteiger partial charge in [0.15, 0.2) is 5.75 Å². The Kier molecular flexibility index (Phi) is 6.46. The molecule has 32 heavy (non-hydrogen) atoms. The maximum atomic E-state index is 13.1. The number of hydrogen-bond donors (Lipinski definition) is 0. The van der Waals surface area contributed by atoms with Gasteiger partial charge in [0.05, 0.1) is 32.2 Å². The van der Waals surface area contributed by atoms with E-state index >= 15 is 0 Å². The van der Waals surface area contributed by atoms with E-state index in [1.807, 2.05) is 23.1 Å². The number of ether oxygens (including phenoxy) is 2. The van der Waals surface area contributed by atoms with Crippen LogP contribution in [0.25, 0.3) is 0 Å². The van der Waals surface area contributed by atoms with Crippen LogP contribution in [0.1, 0.15) is 21.6 Å². The summed E-state index contributed by atoms with van der Waals surface area (Å²) in [5, 5.41) is 0. The second kappa shape index (κ2) is 9.79. The summed E-state index contributed by atoms with van der Waals surface area (Å²) in [7, 11) is 3.17. The van der Waals surface area contributed by atoms with E-state index in [4.69, 9.17) is 9.47 Å². The Morgan fingerprint density at radius 2 is 1.72 bits per heavy atom. The molecular weight excluding hydrogens is 406 g/mol. The van der Waals surface area contributed by atoms with Crippen LogP contribution in [-0.2, 0) is 0 Å². The normalized spacial score (nSPS) is 13.2. The largest absolute Gasteiger partial charge is 0.495 e. The van der Waals surface area contributed by atoms with E-state index in [1.165, 1.54) is 0 Å². The number of nitrogens with zero attached hydrogens (tertiary/aromatic N) is 5. The van der Waals surface area contributed by atoms with Crippen molar-refractivity contribution in [3.8, 4) is 23.3 Å². The van der Waals surface area contributed by atoms with E-state index in [2.05, 4.69) is 31.7 Å². The maximum absolute atomic E-state index is 13.1. The van der Waals surface area contributed by atoms with Crippen molar-refractivity contribution < 1.29 is 14.3 Å². The van der Waals surface area contributed by atoms with Gasteiger partial charge in [-0.3, -0.25) is 4.79 Å². The molecule has 1 aliphatic heterocycles. The fourth-order valence-electron chi connectivity index (χ4n) is 3.38. The number of carbonyl (C=O) groups excluding carboxylic acids is 1. The van der Waals surface area contributed by atoms with Gasteiger partial charge in [-0.1, -0.05) is 12.0 Å². The molecule has 8 nitrogen and oxygen atoms in total. The number of aromatic nitrogens is 3. The molecule has 0 N–H and O–H groups in total. The van der Waals surface area contributed by atoms with Crippen molar-refractivity contribution in [1.82, 2.24) is 19.9 Å². The molecule has 0 atom stereocenters. The van der Waals surface area contributed by atoms with E-state index in [0.717, 1.165) is 0 Å². The molecule has 4 rings (SSSR count). The number of anilines is 1. The van der Waals surface area contributed by atoms with Gasteiger partial charge in [-0.15, -0.1) is 0 Å². The Morgan fingerprint density at radius 1 is 0.938 bits per heavy atom. The summed E-state index contributed by atoms with van der Waals surface area (Å²) in [6, 6.07) is 10.9. The van der Waals surface area contributed by atoms with Crippen LogP contribution in [0.2, 0.25) is 0 Å². The minimum atomic E-state index is -0.0381. The zero-order valence-electron chi connectivity index (χ0n) is 18.0. The average molecular weight is 429 g/mol. The van der Waals surface area contributed by atoms with Crippen molar-refractivity contribution in [1.29, 1.82) is 0 Å². The van der Waals surface area contributed by atoms with Crippen LogP contribution in [0.3, 0.4) is 0 Å². The summed E-state index contributed by atoms with van der Waals surface area (Å²) in [6.45, 7) is 2.46. The van der Waals surface area contributed by atoms with Crippen LogP contribution in [-0.4, -0.2) is 66.2 Å². The predicted octanol–water partition coefficient (Wildman–Crippen LogP) is 2.25. The lowest BCUT2D eigenvalue weighted by atomic mass is 10.1. The quantitative estimate of drug-likeness (QED) is 0.589. The lowest BCUT2D eigenvalue weighted by Gasteiger charge is -2.34. The topological polar surface area (TPSA) is 80.7 Å². The summed E-state index contributed by atoms with van der Waals surface area (Å²) in [5.74, 6) is 7.92. The number of carbonyl (C=O) groups is 1. The Bertz CT molecular complexity index is 1130. The highest BCUT2D eigenvalue weighted by atomic mass is 16.5. The molecule has 1 fully saturated rings. The van der Waals surface area contributed by atoms with Crippen molar-refractivity contribution in [2.45, 2.75) is 0 Å². The van der Waals surface area contributed by atoms with Crippen LogP contribution >= 0.6 is 0 Å². The van der Waals surface area contributed by atoms with Crippen molar-refractivity contribution in [2.75, 3.05) is 45.3 Å². The summed E-state index contributed by atoms with van der Waals surface area (Å²) >= 11 is 0. The lowest BCUT2D eigenvalue weighted by Crippen LogP contribution is -2.49. The average Bonchev–Trinajstić information content (AvgIpc) is 2.87. The first-order chi connectivity index (χ1) is 15.7. The molecule has 2 aromatic heterocycles. The minimum Gasteiger partial charge on any atom is -0.495 e. The Hall–Kier alpha value is -4.12. The molecule has 3 heterocycles. The number of rotatable bonds is 4. The highest BCUT2D eigenvalue weighted by molar-refractivity contribution is 5.95. The molecule has 1 aromatic carbocycles. The molecule has 8 heteroatoms. The molecule has 3 aromatic rings. The molecule has 1 amide bonds. The van der Waals surface area contributed by atoms with Gasteiger partial charge in [-0.05, 0) is 36.3 Å². The highest BCUT2D eigenvalue weighted by Gasteiger charge is 2.24. The van der Waals surface area contributed by atoms with Crippen molar-refractivity contribution >= 4 is 11.9 Å². The molecule has 0 aliphatic carbocycles. The first kappa shape index (κ1) is 21.1. The van der Waals surface area contributed by atoms with Gasteiger partial charge in [-0.2, -0.15) is 0 Å². The summed E-state index contributed by atoms with van der Waals surface area (Å²) in [6.07, 6.45) is 4.98. The van der Waals surface area contributed by atoms with E-state index in [-0.39, 0.29) is 5.91 Å². The van der Waals surface area contributed by atoms with Gasteiger partial charge in [0.2, 0.25) is 5.95 Å². The highest BCUT2D eigenvalue weighted by Crippen LogP contribution is 2.21. The molecule has 162 valence electrons. The molecule has 0 radical (unpaired) electrons. The van der Waals surface area contributed by atoms with Crippen LogP contribution < -0.4 is 14.4 Å². The van der Waals surface area contributed by atoms with Crippen LogP contribution in [0.15, 0.2) is 55.0 Å². The van der Waals surface area contributed by atoms with Gasteiger partial charge in [0, 0.05) is 37.9 Å². The van der Waals surface area contributed by atoms with Crippen molar-refractivity contribution in [3.05, 3.63) is 71.8 Å². The van der Waals surface area contributed by atoms with E-state index in [1.54, 1.807) is 51.0 Å². The number of amides is 1. The summed E-state index contributed by atoms with van der Waals surface area (Å²) in [5.41, 5.74) is 1.88. The number of piperazine rings is 1. The molecular formula is C24H23N5O3. The van der Waals surface area contributed by atoms with E-state index in [9.17, 15) is 4.79 Å². The second-order valence-electron chi connectivity index (χ2n) is 7.08. The Balaban J connectivity index is 1.46. The van der Waals surface area contributed by atoms with E-state index < -0.39 is 0 Å². The summed E-state index contributed by atoms with van der Waals surface area (Å²) in [4.78, 5) is 29.9. The van der Waals surface area contributed by atoms with Crippen molar-refractivity contribution in [3.63, 3.8) is 0 Å². The minimum absolute atomic E-state index is 0.0381. The molecule has 0 unspecified atom stereocenters. The molecule has 0 bridgehead atoms. The molecule has 1 saturated heterocycles. The zero-order chi connectivity index (χ0) is 22.3. The van der Waals surface area contributed by atoms with Gasteiger partial charge >= 0.3 is 0 Å². The Morgan fingerprint density at radius 3 is 2.38 bits per heavy atom. The van der Waals surface area contributed by atoms with Gasteiger partial charge < -0.3 is 19.3 Å². The molecule has 0 spiro atoms. The number of pyridine rings is 1. The second-order valence-corrected chi connectivity index (χ2v) is 7.08. The fourth-order valence-corrected chi connectivity index (χ4v) is 3.38. The standard InChI is InChI=1S/C24H23N5O3/c1-31-21-16-26-24(27-17-21)29-13-11-28(12-14-29)23(30)19-7-9-22(32-2)18(15-19)6-8-20-5-3-4-10-25-20/h3-5,7,9-10,15-17H,11-14H2,1-2H3. The summed E-state index contributed by atoms with van der Waals surface area (Å²) < 4.78 is 10.5. The first-order valence-corrected chi connectivity index (χ1v) is 10.2. The van der Waals surface area contributed by atoms with Crippen molar-refractivity contribution in [2.24, 2.45) is 0 Å². The third-order valence-electron chi connectivity index (χ3n) is 5.14. The zero-order valence-corrected chi connectivity index (χ0v) is 18.0. The van der Waals surface area contributed by atoms with Gasteiger partial charge in [0.1, 0.15) is 11.4 Å². The number of methoxy groups -OCH3 is 2. The van der Waals surface area contributed by atoms with Crippen LogP contribution in [0.4, 0.5) is 5.95 Å². The number of benzene rings is 1. The van der Waals surface area contributed by atoms with Crippen LogP contribution in [0, 0.1) is 11.8 Å². The number of hydrogen-bond acceptors (Lipinski definition) is 7. The maximum Gasteiger partial charge on any atom is 0.254 e. The smallest absolute Gasteiger partial charge is 0.254 e. The lowest BCUT2D eigenvalue weighted by molar-refractivity contribution is 0.0746. The van der Waals surface area contributed by atoms with Gasteiger partial charge in [-0.25, -0.2) is 15.0 Å². The third-order valence-corrected chi connectivity index (χ3v) is 5.14. The SMILES string of the molecule is COc1cnc(N2CCN(C(=O)c3ccc(OC)c(C#Cc4ccccn4)c3)CC2)nc1. The van der Waals surface area contributed by atoms with E-state index in [0.29, 0.717) is 60.4 Å². The molecule has 1 aliphatic rings. The monoisotopic (exact) mass is 429 g/mol. The predicted molar refractivity (Wildman–Crippen MR) is 120 cm³/mol. The fraction of sp³-hybridized carbons (Fsp3) is 0.250.